The Morgan fingerprint density at radius 2 is 2.27 bits per heavy atom. The van der Waals surface area contributed by atoms with Gasteiger partial charge in [-0.3, -0.25) is 4.90 Å². The minimum absolute atomic E-state index is 0.303. The van der Waals surface area contributed by atoms with Crippen LogP contribution in [0.25, 0.3) is 0 Å². The second-order valence-electron chi connectivity index (χ2n) is 4.24. The first kappa shape index (κ1) is 11.1. The van der Waals surface area contributed by atoms with Gasteiger partial charge in [-0.25, -0.2) is 0 Å². The standard InChI is InChI=1S/C10H16BrN3O/c1-7(2)14-6-4-3-5-8(14)9-12-10(11)13-15-9/h7-8H,3-6H2,1-2H3. The van der Waals surface area contributed by atoms with Gasteiger partial charge in [0.15, 0.2) is 0 Å². The van der Waals surface area contributed by atoms with Crippen LogP contribution >= 0.6 is 15.9 Å². The van der Waals surface area contributed by atoms with Gasteiger partial charge in [0.05, 0.1) is 6.04 Å². The summed E-state index contributed by atoms with van der Waals surface area (Å²) in [5.74, 6) is 0.746. The Balaban J connectivity index is 2.17. The lowest BCUT2D eigenvalue weighted by Crippen LogP contribution is -2.38. The Kier molecular flexibility index (Phi) is 3.41. The van der Waals surface area contributed by atoms with E-state index in [9.17, 15) is 0 Å². The average Bonchev–Trinajstić information content (AvgIpc) is 2.65. The van der Waals surface area contributed by atoms with Crippen LogP contribution in [0.2, 0.25) is 0 Å². The van der Waals surface area contributed by atoms with E-state index in [1.165, 1.54) is 12.8 Å². The summed E-state index contributed by atoms with van der Waals surface area (Å²) in [6.45, 7) is 5.55. The number of halogens is 1. The van der Waals surface area contributed by atoms with Crippen molar-refractivity contribution < 1.29 is 4.52 Å². The maximum atomic E-state index is 5.23. The van der Waals surface area contributed by atoms with Crippen molar-refractivity contribution in [2.45, 2.75) is 45.2 Å². The van der Waals surface area contributed by atoms with Crippen LogP contribution in [-0.4, -0.2) is 27.6 Å². The molecule has 4 nitrogen and oxygen atoms in total. The molecule has 5 heteroatoms. The molecule has 0 bridgehead atoms. The van der Waals surface area contributed by atoms with Crippen LogP contribution in [0.4, 0.5) is 0 Å². The van der Waals surface area contributed by atoms with E-state index in [2.05, 4.69) is 44.8 Å². The molecule has 1 aliphatic heterocycles. The molecule has 0 amide bonds. The quantitative estimate of drug-likeness (QED) is 0.831. The highest BCUT2D eigenvalue weighted by Crippen LogP contribution is 2.31. The van der Waals surface area contributed by atoms with Gasteiger partial charge in [-0.1, -0.05) is 6.42 Å². The number of rotatable bonds is 2. The molecule has 1 saturated heterocycles. The second kappa shape index (κ2) is 4.61. The minimum atomic E-state index is 0.303. The molecule has 1 unspecified atom stereocenters. The molecule has 1 fully saturated rings. The number of aromatic nitrogens is 2. The molecule has 0 aliphatic carbocycles. The lowest BCUT2D eigenvalue weighted by Gasteiger charge is -2.36. The molecule has 1 aliphatic rings. The van der Waals surface area contributed by atoms with Gasteiger partial charge in [0.1, 0.15) is 0 Å². The third-order valence-corrected chi connectivity index (χ3v) is 3.23. The average molecular weight is 274 g/mol. The van der Waals surface area contributed by atoms with E-state index in [0.717, 1.165) is 18.9 Å². The largest absolute Gasteiger partial charge is 0.337 e. The van der Waals surface area contributed by atoms with Crippen LogP contribution in [-0.2, 0) is 0 Å². The number of likely N-dealkylation sites (tertiary alicyclic amines) is 1. The van der Waals surface area contributed by atoms with Crippen LogP contribution < -0.4 is 0 Å². The topological polar surface area (TPSA) is 42.2 Å². The van der Waals surface area contributed by atoms with E-state index in [1.54, 1.807) is 0 Å². The van der Waals surface area contributed by atoms with E-state index in [1.807, 2.05) is 0 Å². The summed E-state index contributed by atoms with van der Waals surface area (Å²) < 4.78 is 5.78. The number of piperidine rings is 1. The van der Waals surface area contributed by atoms with Crippen molar-refractivity contribution in [3.8, 4) is 0 Å². The van der Waals surface area contributed by atoms with Crippen LogP contribution in [0, 0.1) is 0 Å². The predicted molar refractivity (Wildman–Crippen MR) is 60.4 cm³/mol. The highest BCUT2D eigenvalue weighted by molar-refractivity contribution is 9.10. The second-order valence-corrected chi connectivity index (χ2v) is 4.95. The zero-order valence-corrected chi connectivity index (χ0v) is 10.7. The van der Waals surface area contributed by atoms with Crippen molar-refractivity contribution in [3.63, 3.8) is 0 Å². The fourth-order valence-corrected chi connectivity index (χ4v) is 2.44. The first-order chi connectivity index (χ1) is 7.18. The van der Waals surface area contributed by atoms with Crippen molar-refractivity contribution in [1.82, 2.24) is 15.0 Å². The Labute approximate surface area is 98.2 Å². The summed E-state index contributed by atoms with van der Waals surface area (Å²) in [6.07, 6.45) is 3.63. The first-order valence-electron chi connectivity index (χ1n) is 5.43. The molecule has 1 aromatic rings. The molecule has 1 atom stereocenters. The van der Waals surface area contributed by atoms with Crippen molar-refractivity contribution in [1.29, 1.82) is 0 Å². The minimum Gasteiger partial charge on any atom is -0.337 e. The Morgan fingerprint density at radius 1 is 1.47 bits per heavy atom. The number of nitrogens with zero attached hydrogens (tertiary/aromatic N) is 3. The van der Waals surface area contributed by atoms with Gasteiger partial charge < -0.3 is 4.52 Å². The van der Waals surface area contributed by atoms with Gasteiger partial charge in [0, 0.05) is 6.04 Å². The summed E-state index contributed by atoms with van der Waals surface area (Å²) in [7, 11) is 0. The summed E-state index contributed by atoms with van der Waals surface area (Å²) in [5, 5.41) is 3.79. The predicted octanol–water partition coefficient (Wildman–Crippen LogP) is 2.77. The van der Waals surface area contributed by atoms with Crippen molar-refractivity contribution >= 4 is 15.9 Å². The lowest BCUT2D eigenvalue weighted by molar-refractivity contribution is 0.0875. The maximum Gasteiger partial charge on any atom is 0.244 e. The van der Waals surface area contributed by atoms with Crippen molar-refractivity contribution in [2.75, 3.05) is 6.54 Å². The van der Waals surface area contributed by atoms with Gasteiger partial charge in [0.25, 0.3) is 0 Å². The fraction of sp³-hybridized carbons (Fsp3) is 0.800. The van der Waals surface area contributed by atoms with Crippen LogP contribution in [0.3, 0.4) is 0 Å². The Morgan fingerprint density at radius 3 is 2.87 bits per heavy atom. The van der Waals surface area contributed by atoms with Gasteiger partial charge in [-0.05, 0) is 54.3 Å². The van der Waals surface area contributed by atoms with Crippen LogP contribution in [0.1, 0.15) is 45.0 Å². The molecule has 0 radical (unpaired) electrons. The summed E-state index contributed by atoms with van der Waals surface area (Å²) in [6, 6.07) is 0.832. The maximum absolute atomic E-state index is 5.23. The third-order valence-electron chi connectivity index (χ3n) is 2.91. The Bertz CT molecular complexity index is 326. The van der Waals surface area contributed by atoms with Gasteiger partial charge in [-0.2, -0.15) is 4.98 Å². The molecule has 15 heavy (non-hydrogen) atoms. The van der Waals surface area contributed by atoms with Gasteiger partial charge in [-0.15, -0.1) is 0 Å². The van der Waals surface area contributed by atoms with Crippen molar-refractivity contribution in [3.05, 3.63) is 10.6 Å². The van der Waals surface area contributed by atoms with E-state index in [0.29, 0.717) is 16.8 Å². The summed E-state index contributed by atoms with van der Waals surface area (Å²) in [5.41, 5.74) is 0. The molecule has 0 aromatic carbocycles. The van der Waals surface area contributed by atoms with E-state index in [4.69, 9.17) is 4.52 Å². The molecule has 2 rings (SSSR count). The van der Waals surface area contributed by atoms with Crippen LogP contribution in [0.15, 0.2) is 9.26 Å². The van der Waals surface area contributed by atoms with Gasteiger partial charge >= 0.3 is 0 Å². The summed E-state index contributed by atoms with van der Waals surface area (Å²) in [4.78, 5) is 6.70. The molecule has 0 N–H and O–H groups in total. The van der Waals surface area contributed by atoms with E-state index >= 15 is 0 Å². The molecular weight excluding hydrogens is 258 g/mol. The number of hydrogen-bond acceptors (Lipinski definition) is 4. The smallest absolute Gasteiger partial charge is 0.244 e. The molecular formula is C10H16BrN3O. The molecule has 2 heterocycles. The van der Waals surface area contributed by atoms with Gasteiger partial charge in [0.2, 0.25) is 10.6 Å². The molecule has 1 aromatic heterocycles. The molecule has 0 spiro atoms. The fourth-order valence-electron chi connectivity index (χ4n) is 2.19. The van der Waals surface area contributed by atoms with Crippen molar-refractivity contribution in [2.24, 2.45) is 0 Å². The summed E-state index contributed by atoms with van der Waals surface area (Å²) >= 11 is 3.22. The zero-order chi connectivity index (χ0) is 10.8. The molecule has 0 saturated carbocycles. The monoisotopic (exact) mass is 273 g/mol. The lowest BCUT2D eigenvalue weighted by atomic mass is 10.0. The Hall–Kier alpha value is -0.420. The number of hydrogen-bond donors (Lipinski definition) is 0. The highest BCUT2D eigenvalue weighted by atomic mass is 79.9. The SMILES string of the molecule is CC(C)N1CCCCC1c1nc(Br)no1. The first-order valence-corrected chi connectivity index (χ1v) is 6.22. The molecule has 84 valence electrons. The normalized spacial score (nSPS) is 23.6. The highest BCUT2D eigenvalue weighted by Gasteiger charge is 2.29. The zero-order valence-electron chi connectivity index (χ0n) is 9.11. The van der Waals surface area contributed by atoms with E-state index < -0.39 is 0 Å². The third kappa shape index (κ3) is 2.39. The van der Waals surface area contributed by atoms with Crippen LogP contribution in [0.5, 0.6) is 0 Å². The van der Waals surface area contributed by atoms with E-state index in [-0.39, 0.29) is 0 Å².